The molecule has 0 fully saturated rings. The maximum absolute atomic E-state index is 11.9. The van der Waals surface area contributed by atoms with E-state index in [9.17, 15) is 4.79 Å². The summed E-state index contributed by atoms with van der Waals surface area (Å²) in [5, 5.41) is 0. The number of nitrogens with two attached hydrogens (primary N) is 1. The molecule has 0 aliphatic rings. The number of hydrogen-bond donors (Lipinski definition) is 1. The average molecular weight is 206 g/mol. The van der Waals surface area contributed by atoms with E-state index in [0.717, 1.165) is 11.3 Å². The number of nitrogens with zero attached hydrogens (tertiary/aromatic N) is 1. The summed E-state index contributed by atoms with van der Waals surface area (Å²) in [5.41, 5.74) is 6.93. The molecule has 1 rings (SSSR count). The minimum Gasteiger partial charge on any atom is -0.318 e. The number of carbonyl (C=O) groups excluding carboxylic acids is 1. The molecular weight excluding hydrogens is 188 g/mol. The smallest absolute Gasteiger partial charge is 0.246 e. The van der Waals surface area contributed by atoms with E-state index in [1.54, 1.807) is 25.8 Å². The predicted molar refractivity (Wildman–Crippen MR) is 62.9 cm³/mol. The van der Waals surface area contributed by atoms with Gasteiger partial charge in [-0.3, -0.25) is 4.79 Å². The Hall–Kier alpha value is -1.35. The molecule has 2 N–H and O–H groups in total. The summed E-state index contributed by atoms with van der Waals surface area (Å²) in [6, 6.07) is 7.79. The molecule has 0 bridgehead atoms. The zero-order chi connectivity index (χ0) is 11.6. The highest BCUT2D eigenvalue weighted by Gasteiger charge is 2.26. The van der Waals surface area contributed by atoms with Gasteiger partial charge in [0.25, 0.3) is 0 Å². The second kappa shape index (κ2) is 4.03. The van der Waals surface area contributed by atoms with Crippen molar-refractivity contribution in [2.45, 2.75) is 26.3 Å². The minimum absolute atomic E-state index is 0.0897. The Kier molecular flexibility index (Phi) is 3.15. The number of anilines is 1. The maximum atomic E-state index is 11.9. The third-order valence-corrected chi connectivity index (χ3v) is 2.24. The first-order valence-electron chi connectivity index (χ1n) is 4.96. The van der Waals surface area contributed by atoms with Crippen LogP contribution in [-0.4, -0.2) is 18.5 Å². The van der Waals surface area contributed by atoms with Crippen LogP contribution in [0.2, 0.25) is 0 Å². The molecule has 0 aliphatic heterocycles. The molecule has 15 heavy (non-hydrogen) atoms. The lowest BCUT2D eigenvalue weighted by Crippen LogP contribution is -2.49. The fourth-order valence-electron chi connectivity index (χ4n) is 1.39. The van der Waals surface area contributed by atoms with Gasteiger partial charge >= 0.3 is 0 Å². The van der Waals surface area contributed by atoms with Gasteiger partial charge in [0.05, 0.1) is 5.54 Å². The van der Waals surface area contributed by atoms with Gasteiger partial charge in [0.1, 0.15) is 0 Å². The summed E-state index contributed by atoms with van der Waals surface area (Å²) in [7, 11) is 1.74. The second-order valence-corrected chi connectivity index (χ2v) is 4.42. The van der Waals surface area contributed by atoms with Crippen molar-refractivity contribution in [1.82, 2.24) is 0 Å². The van der Waals surface area contributed by atoms with E-state index < -0.39 is 5.54 Å². The van der Waals surface area contributed by atoms with Gasteiger partial charge in [-0.05, 0) is 38.5 Å². The molecule has 3 nitrogen and oxygen atoms in total. The molecule has 0 saturated heterocycles. The highest BCUT2D eigenvalue weighted by atomic mass is 16.2. The van der Waals surface area contributed by atoms with Gasteiger partial charge in [-0.1, -0.05) is 12.1 Å². The van der Waals surface area contributed by atoms with Gasteiger partial charge in [-0.15, -0.1) is 0 Å². The normalized spacial score (nSPS) is 11.3. The summed E-state index contributed by atoms with van der Waals surface area (Å²) < 4.78 is 0. The lowest BCUT2D eigenvalue weighted by atomic mass is 10.1. The zero-order valence-corrected chi connectivity index (χ0v) is 9.74. The molecule has 0 aliphatic carbocycles. The van der Waals surface area contributed by atoms with Crippen LogP contribution in [0.25, 0.3) is 0 Å². The van der Waals surface area contributed by atoms with Crippen LogP contribution in [0.4, 0.5) is 5.69 Å². The van der Waals surface area contributed by atoms with Crippen molar-refractivity contribution >= 4 is 11.6 Å². The molecule has 0 spiro atoms. The molecule has 0 heterocycles. The van der Waals surface area contributed by atoms with Crippen molar-refractivity contribution in [1.29, 1.82) is 0 Å². The lowest BCUT2D eigenvalue weighted by molar-refractivity contribution is -0.122. The van der Waals surface area contributed by atoms with Crippen molar-refractivity contribution in [2.75, 3.05) is 11.9 Å². The summed E-state index contributed by atoms with van der Waals surface area (Å²) in [5.74, 6) is -0.0897. The fraction of sp³-hybridized carbons (Fsp3) is 0.417. The van der Waals surface area contributed by atoms with Crippen molar-refractivity contribution in [3.05, 3.63) is 29.8 Å². The molecule has 0 unspecified atom stereocenters. The monoisotopic (exact) mass is 206 g/mol. The fourth-order valence-corrected chi connectivity index (χ4v) is 1.39. The van der Waals surface area contributed by atoms with Gasteiger partial charge < -0.3 is 10.6 Å². The summed E-state index contributed by atoms with van der Waals surface area (Å²) in [6.07, 6.45) is 0. The van der Waals surface area contributed by atoms with Crippen LogP contribution in [0, 0.1) is 6.92 Å². The molecule has 0 radical (unpaired) electrons. The van der Waals surface area contributed by atoms with Gasteiger partial charge in [0, 0.05) is 12.7 Å². The van der Waals surface area contributed by atoms with Gasteiger partial charge in [-0.25, -0.2) is 0 Å². The van der Waals surface area contributed by atoms with Crippen LogP contribution in [0.3, 0.4) is 0 Å². The Morgan fingerprint density at radius 3 is 2.47 bits per heavy atom. The number of benzene rings is 1. The largest absolute Gasteiger partial charge is 0.318 e. The highest BCUT2D eigenvalue weighted by molar-refractivity contribution is 5.99. The third kappa shape index (κ3) is 2.80. The standard InChI is InChI=1S/C12H18N2O/c1-9-6-5-7-10(8-9)14(4)11(15)12(2,3)13/h5-8H,13H2,1-4H3. The Bertz CT molecular complexity index is 366. The maximum Gasteiger partial charge on any atom is 0.246 e. The van der Waals surface area contributed by atoms with Crippen LogP contribution in [-0.2, 0) is 4.79 Å². The van der Waals surface area contributed by atoms with Crippen LogP contribution in [0.15, 0.2) is 24.3 Å². The van der Waals surface area contributed by atoms with E-state index in [-0.39, 0.29) is 5.91 Å². The van der Waals surface area contributed by atoms with E-state index in [0.29, 0.717) is 0 Å². The van der Waals surface area contributed by atoms with Crippen molar-refractivity contribution in [3.8, 4) is 0 Å². The lowest BCUT2D eigenvalue weighted by Gasteiger charge is -2.26. The first-order chi connectivity index (χ1) is 6.82. The van der Waals surface area contributed by atoms with E-state index in [1.165, 1.54) is 0 Å². The zero-order valence-electron chi connectivity index (χ0n) is 9.74. The number of amides is 1. The van der Waals surface area contributed by atoms with Crippen molar-refractivity contribution in [2.24, 2.45) is 5.73 Å². The van der Waals surface area contributed by atoms with E-state index in [2.05, 4.69) is 0 Å². The van der Waals surface area contributed by atoms with Crippen LogP contribution < -0.4 is 10.6 Å². The van der Waals surface area contributed by atoms with E-state index in [1.807, 2.05) is 31.2 Å². The molecule has 82 valence electrons. The molecule has 0 atom stereocenters. The topological polar surface area (TPSA) is 46.3 Å². The number of aryl methyl sites for hydroxylation is 1. The number of rotatable bonds is 2. The van der Waals surface area contributed by atoms with Gasteiger partial charge in [0.2, 0.25) is 5.91 Å². The summed E-state index contributed by atoms with van der Waals surface area (Å²) >= 11 is 0. The first kappa shape index (κ1) is 11.7. The van der Waals surface area contributed by atoms with Gasteiger partial charge in [-0.2, -0.15) is 0 Å². The number of likely N-dealkylation sites (N-methyl/N-ethyl adjacent to an activating group) is 1. The summed E-state index contributed by atoms with van der Waals surface area (Å²) in [6.45, 7) is 5.42. The molecule has 1 aromatic carbocycles. The molecule has 1 aromatic rings. The third-order valence-electron chi connectivity index (χ3n) is 2.24. The SMILES string of the molecule is Cc1cccc(N(C)C(=O)C(C)(C)N)c1. The van der Waals surface area contributed by atoms with E-state index >= 15 is 0 Å². The van der Waals surface area contributed by atoms with Crippen LogP contribution in [0.5, 0.6) is 0 Å². The number of hydrogen-bond acceptors (Lipinski definition) is 2. The highest BCUT2D eigenvalue weighted by Crippen LogP contribution is 2.16. The molecule has 0 saturated carbocycles. The predicted octanol–water partition coefficient (Wildman–Crippen LogP) is 1.70. The Balaban J connectivity index is 2.95. The summed E-state index contributed by atoms with van der Waals surface area (Å²) in [4.78, 5) is 13.5. The minimum atomic E-state index is -0.835. The first-order valence-corrected chi connectivity index (χ1v) is 4.96. The van der Waals surface area contributed by atoms with Crippen LogP contribution >= 0.6 is 0 Å². The van der Waals surface area contributed by atoms with Gasteiger partial charge in [0.15, 0.2) is 0 Å². The Morgan fingerprint density at radius 1 is 1.40 bits per heavy atom. The molecular formula is C12H18N2O. The number of carbonyl (C=O) groups is 1. The quantitative estimate of drug-likeness (QED) is 0.800. The van der Waals surface area contributed by atoms with E-state index in [4.69, 9.17) is 5.73 Å². The Labute approximate surface area is 90.9 Å². The molecule has 1 amide bonds. The molecule has 3 heteroatoms. The second-order valence-electron chi connectivity index (χ2n) is 4.42. The Morgan fingerprint density at radius 2 is 2.00 bits per heavy atom. The van der Waals surface area contributed by atoms with Crippen LogP contribution in [0.1, 0.15) is 19.4 Å². The van der Waals surface area contributed by atoms with Crippen molar-refractivity contribution in [3.63, 3.8) is 0 Å². The average Bonchev–Trinajstić information content (AvgIpc) is 2.14. The molecule has 0 aromatic heterocycles. The van der Waals surface area contributed by atoms with Crippen molar-refractivity contribution < 1.29 is 4.79 Å².